The fraction of sp³-hybridized carbons (Fsp3) is 0.211. The summed E-state index contributed by atoms with van der Waals surface area (Å²) in [7, 11) is 0. The van der Waals surface area contributed by atoms with Crippen molar-refractivity contribution in [3.63, 3.8) is 0 Å². The van der Waals surface area contributed by atoms with Crippen molar-refractivity contribution in [2.75, 3.05) is 6.54 Å². The molecular weight excluding hydrogens is 352 g/mol. The number of Topliss-reactive ketones (excluding diaryl/α,β-unsaturated/α-hetero) is 1. The van der Waals surface area contributed by atoms with E-state index >= 15 is 0 Å². The first-order valence-electron chi connectivity index (χ1n) is 8.20. The number of nitrogens with two attached hydrogens (primary N) is 2. The number of hydrogen-bond acceptors (Lipinski definition) is 8. The SMILES string of the molecule is CC(=O)c1cc2c(OC(=O)C(C)N)c3ccccc3c(OC(=O)CN)c2o1. The molecule has 140 valence electrons. The molecule has 0 spiro atoms. The molecule has 4 N–H and O–H groups in total. The van der Waals surface area contributed by atoms with Gasteiger partial charge in [0.15, 0.2) is 22.9 Å². The van der Waals surface area contributed by atoms with E-state index in [0.29, 0.717) is 16.2 Å². The second kappa shape index (κ2) is 7.18. The Bertz CT molecular complexity index is 1070. The van der Waals surface area contributed by atoms with Gasteiger partial charge in [-0.05, 0) is 13.0 Å². The smallest absolute Gasteiger partial charge is 0.328 e. The van der Waals surface area contributed by atoms with Crippen LogP contribution in [0.5, 0.6) is 11.5 Å². The summed E-state index contributed by atoms with van der Waals surface area (Å²) in [5.41, 5.74) is 11.1. The molecule has 0 bridgehead atoms. The van der Waals surface area contributed by atoms with Crippen molar-refractivity contribution in [2.24, 2.45) is 11.5 Å². The van der Waals surface area contributed by atoms with Crippen LogP contribution in [0.1, 0.15) is 24.4 Å². The average Bonchev–Trinajstić information content (AvgIpc) is 3.09. The molecule has 2 aromatic carbocycles. The Morgan fingerprint density at radius 3 is 2.26 bits per heavy atom. The lowest BCUT2D eigenvalue weighted by molar-refractivity contribution is -0.135. The van der Waals surface area contributed by atoms with Gasteiger partial charge in [0, 0.05) is 17.7 Å². The molecule has 1 unspecified atom stereocenters. The molecule has 3 rings (SSSR count). The van der Waals surface area contributed by atoms with Crippen LogP contribution in [-0.4, -0.2) is 30.3 Å². The van der Waals surface area contributed by atoms with Gasteiger partial charge in [-0.3, -0.25) is 9.59 Å². The van der Waals surface area contributed by atoms with E-state index in [1.54, 1.807) is 24.3 Å². The zero-order valence-electron chi connectivity index (χ0n) is 14.8. The fourth-order valence-electron chi connectivity index (χ4n) is 2.61. The Morgan fingerprint density at radius 2 is 1.70 bits per heavy atom. The predicted octanol–water partition coefficient (Wildman–Crippen LogP) is 1.91. The van der Waals surface area contributed by atoms with Crippen molar-refractivity contribution in [1.82, 2.24) is 0 Å². The summed E-state index contributed by atoms with van der Waals surface area (Å²) >= 11 is 0. The molecule has 0 aliphatic rings. The van der Waals surface area contributed by atoms with Crippen LogP contribution in [0.4, 0.5) is 0 Å². The Hall–Kier alpha value is -3.23. The van der Waals surface area contributed by atoms with Gasteiger partial charge in [-0.15, -0.1) is 0 Å². The number of fused-ring (bicyclic) bond motifs is 2. The zero-order valence-corrected chi connectivity index (χ0v) is 14.8. The number of rotatable bonds is 5. The first-order valence-corrected chi connectivity index (χ1v) is 8.20. The van der Waals surface area contributed by atoms with E-state index in [9.17, 15) is 14.4 Å². The molecule has 3 aromatic rings. The summed E-state index contributed by atoms with van der Waals surface area (Å²) in [4.78, 5) is 35.7. The third-order valence-electron chi connectivity index (χ3n) is 3.90. The van der Waals surface area contributed by atoms with Crippen LogP contribution in [0.2, 0.25) is 0 Å². The van der Waals surface area contributed by atoms with Crippen molar-refractivity contribution >= 4 is 39.5 Å². The number of furan rings is 1. The molecule has 0 saturated carbocycles. The minimum Gasteiger partial charge on any atom is -0.449 e. The summed E-state index contributed by atoms with van der Waals surface area (Å²) < 4.78 is 16.4. The van der Waals surface area contributed by atoms with Gasteiger partial charge >= 0.3 is 11.9 Å². The predicted molar refractivity (Wildman–Crippen MR) is 97.7 cm³/mol. The third kappa shape index (κ3) is 3.40. The lowest BCUT2D eigenvalue weighted by Gasteiger charge is -2.14. The Kier molecular flexibility index (Phi) is 4.93. The van der Waals surface area contributed by atoms with Gasteiger partial charge in [0.1, 0.15) is 11.8 Å². The molecule has 8 heteroatoms. The van der Waals surface area contributed by atoms with Gasteiger partial charge < -0.3 is 25.4 Å². The van der Waals surface area contributed by atoms with Crippen LogP contribution in [0.15, 0.2) is 34.7 Å². The molecule has 0 amide bonds. The lowest BCUT2D eigenvalue weighted by Crippen LogP contribution is -2.31. The van der Waals surface area contributed by atoms with Crippen molar-refractivity contribution in [3.05, 3.63) is 36.1 Å². The Balaban J connectivity index is 2.38. The summed E-state index contributed by atoms with van der Waals surface area (Å²) in [5, 5.41) is 1.27. The van der Waals surface area contributed by atoms with Gasteiger partial charge in [-0.1, -0.05) is 24.3 Å². The maximum Gasteiger partial charge on any atom is 0.328 e. The van der Waals surface area contributed by atoms with Crippen molar-refractivity contribution in [2.45, 2.75) is 19.9 Å². The number of benzene rings is 2. The largest absolute Gasteiger partial charge is 0.449 e. The van der Waals surface area contributed by atoms with Gasteiger partial charge in [-0.2, -0.15) is 0 Å². The van der Waals surface area contributed by atoms with E-state index in [2.05, 4.69) is 0 Å². The minimum absolute atomic E-state index is 0.0310. The molecule has 0 radical (unpaired) electrons. The van der Waals surface area contributed by atoms with E-state index in [1.165, 1.54) is 19.9 Å². The topological polar surface area (TPSA) is 135 Å². The quantitative estimate of drug-likeness (QED) is 0.395. The third-order valence-corrected chi connectivity index (χ3v) is 3.90. The second-order valence-electron chi connectivity index (χ2n) is 6.00. The summed E-state index contributed by atoms with van der Waals surface area (Å²) in [5.74, 6) is -1.36. The molecule has 1 aromatic heterocycles. The van der Waals surface area contributed by atoms with Crippen LogP contribution in [0, 0.1) is 0 Å². The van der Waals surface area contributed by atoms with Gasteiger partial charge in [-0.25, -0.2) is 4.79 Å². The van der Waals surface area contributed by atoms with Crippen LogP contribution in [0.25, 0.3) is 21.7 Å². The highest BCUT2D eigenvalue weighted by atomic mass is 16.5. The van der Waals surface area contributed by atoms with Gasteiger partial charge in [0.25, 0.3) is 0 Å². The van der Waals surface area contributed by atoms with Crippen molar-refractivity contribution in [1.29, 1.82) is 0 Å². The Morgan fingerprint density at radius 1 is 1.07 bits per heavy atom. The monoisotopic (exact) mass is 370 g/mol. The zero-order chi connectivity index (χ0) is 19.7. The van der Waals surface area contributed by atoms with E-state index in [4.69, 9.17) is 25.4 Å². The molecule has 1 atom stereocenters. The number of esters is 2. The van der Waals surface area contributed by atoms with Gasteiger partial charge in [0.2, 0.25) is 0 Å². The van der Waals surface area contributed by atoms with Crippen LogP contribution in [0.3, 0.4) is 0 Å². The average molecular weight is 370 g/mol. The number of carbonyl (C=O) groups is 3. The molecule has 0 aliphatic carbocycles. The molecule has 0 fully saturated rings. The normalized spacial score (nSPS) is 12.1. The van der Waals surface area contributed by atoms with Crippen molar-refractivity contribution < 1.29 is 28.3 Å². The minimum atomic E-state index is -0.854. The Labute approximate surface area is 154 Å². The van der Waals surface area contributed by atoms with Crippen LogP contribution < -0.4 is 20.9 Å². The fourth-order valence-corrected chi connectivity index (χ4v) is 2.61. The number of ether oxygens (including phenoxy) is 2. The summed E-state index contributed by atoms with van der Waals surface area (Å²) in [6, 6.07) is 7.41. The second-order valence-corrected chi connectivity index (χ2v) is 6.00. The van der Waals surface area contributed by atoms with Crippen molar-refractivity contribution in [3.8, 4) is 11.5 Å². The van der Waals surface area contributed by atoms with E-state index in [0.717, 1.165) is 0 Å². The molecule has 0 saturated heterocycles. The molecular formula is C19H18N2O6. The molecule has 8 nitrogen and oxygen atoms in total. The summed E-state index contributed by atoms with van der Waals surface area (Å²) in [6.45, 7) is 2.49. The number of carbonyl (C=O) groups excluding carboxylic acids is 3. The van der Waals surface area contributed by atoms with Gasteiger partial charge in [0.05, 0.1) is 11.9 Å². The highest BCUT2D eigenvalue weighted by Gasteiger charge is 2.25. The summed E-state index contributed by atoms with van der Waals surface area (Å²) in [6.07, 6.45) is 0. The molecule has 0 aliphatic heterocycles. The van der Waals surface area contributed by atoms with E-state index in [1.807, 2.05) is 0 Å². The molecule has 1 heterocycles. The highest BCUT2D eigenvalue weighted by Crippen LogP contribution is 2.44. The first kappa shape index (κ1) is 18.6. The standard InChI is InChI=1S/C19H18N2O6/c1-9(21)19(24)27-16-11-5-3-4-6-12(11)17(26-15(23)8-20)18-13(16)7-14(25-18)10(2)22/h3-7,9H,8,20-21H2,1-2H3. The van der Waals surface area contributed by atoms with E-state index in [-0.39, 0.29) is 35.2 Å². The maximum atomic E-state index is 12.1. The van der Waals surface area contributed by atoms with Crippen LogP contribution >= 0.6 is 0 Å². The number of hydrogen-bond donors (Lipinski definition) is 2. The lowest BCUT2D eigenvalue weighted by atomic mass is 10.0. The van der Waals surface area contributed by atoms with Crippen LogP contribution in [-0.2, 0) is 9.59 Å². The van der Waals surface area contributed by atoms with E-state index < -0.39 is 18.0 Å². The first-order chi connectivity index (χ1) is 12.8. The maximum absolute atomic E-state index is 12.1. The highest BCUT2D eigenvalue weighted by molar-refractivity contribution is 6.12. The number of ketones is 1. The molecule has 27 heavy (non-hydrogen) atoms.